The molecule has 0 aliphatic carbocycles. The van der Waals surface area contributed by atoms with Gasteiger partial charge in [-0.25, -0.2) is 0 Å². The number of quaternary nitrogens is 1. The van der Waals surface area contributed by atoms with E-state index in [2.05, 4.69) is 30.0 Å². The summed E-state index contributed by atoms with van der Waals surface area (Å²) in [7, 11) is 0. The van der Waals surface area contributed by atoms with Crippen LogP contribution in [-0.4, -0.2) is 0 Å². The maximum atomic E-state index is 3.87. The number of fused-ring (bicyclic) bond motifs is 1. The summed E-state index contributed by atoms with van der Waals surface area (Å²) >= 11 is 0. The molecule has 62 valence electrons. The van der Waals surface area contributed by atoms with Crippen LogP contribution in [0.5, 0.6) is 0 Å². The lowest BCUT2D eigenvalue weighted by Gasteiger charge is -1.94. The molecule has 0 aliphatic heterocycles. The van der Waals surface area contributed by atoms with E-state index in [0.29, 0.717) is 0 Å². The maximum Gasteiger partial charge on any atom is 0.128 e. The minimum atomic E-state index is 0. The Morgan fingerprint density at radius 1 is 0.833 bits per heavy atom. The normalized spacial score (nSPS) is 9.42. The topological polar surface area (TPSA) is 27.6 Å². The number of benzene rings is 2. The van der Waals surface area contributed by atoms with E-state index in [1.807, 2.05) is 18.2 Å². The van der Waals surface area contributed by atoms with Gasteiger partial charge >= 0.3 is 0 Å². The highest BCUT2D eigenvalue weighted by atomic mass is 79.9. The number of rotatable bonds is 0. The molecule has 2 aromatic rings. The van der Waals surface area contributed by atoms with Gasteiger partial charge in [0.2, 0.25) is 0 Å². The predicted octanol–water partition coefficient (Wildman–Crippen LogP) is -1.28. The highest BCUT2D eigenvalue weighted by Gasteiger charge is 1.92. The summed E-state index contributed by atoms with van der Waals surface area (Å²) in [5.74, 6) is 0. The summed E-state index contributed by atoms with van der Waals surface area (Å²) < 4.78 is 0. The van der Waals surface area contributed by atoms with Crippen molar-refractivity contribution in [2.24, 2.45) is 0 Å². The van der Waals surface area contributed by atoms with Crippen LogP contribution in [0.3, 0.4) is 0 Å². The highest BCUT2D eigenvalue weighted by Crippen LogP contribution is 2.15. The number of halogens is 1. The fourth-order valence-corrected chi connectivity index (χ4v) is 1.24. The Kier molecular flexibility index (Phi) is 2.84. The Labute approximate surface area is 82.0 Å². The Morgan fingerprint density at radius 2 is 1.50 bits per heavy atom. The lowest BCUT2D eigenvalue weighted by molar-refractivity contribution is -0.254. The molecule has 0 amide bonds. The largest absolute Gasteiger partial charge is 1.00 e. The maximum absolute atomic E-state index is 3.87. The van der Waals surface area contributed by atoms with E-state index in [-0.39, 0.29) is 17.0 Å². The quantitative estimate of drug-likeness (QED) is 0.577. The molecule has 12 heavy (non-hydrogen) atoms. The zero-order valence-corrected chi connectivity index (χ0v) is 8.21. The van der Waals surface area contributed by atoms with E-state index in [1.165, 1.54) is 10.8 Å². The van der Waals surface area contributed by atoms with Crippen molar-refractivity contribution in [1.82, 2.24) is 0 Å². The molecule has 0 radical (unpaired) electrons. The summed E-state index contributed by atoms with van der Waals surface area (Å²) in [4.78, 5) is 0. The van der Waals surface area contributed by atoms with E-state index in [0.717, 1.165) is 5.69 Å². The van der Waals surface area contributed by atoms with Crippen LogP contribution in [-0.2, 0) is 0 Å². The van der Waals surface area contributed by atoms with Gasteiger partial charge in [0.05, 0.1) is 0 Å². The van der Waals surface area contributed by atoms with E-state index in [9.17, 15) is 0 Å². The van der Waals surface area contributed by atoms with Crippen molar-refractivity contribution in [3.63, 3.8) is 0 Å². The fraction of sp³-hybridized carbons (Fsp3) is 0. The third-order valence-corrected chi connectivity index (χ3v) is 1.81. The first-order chi connectivity index (χ1) is 5.36. The average Bonchev–Trinajstić information content (AvgIpc) is 2.04. The summed E-state index contributed by atoms with van der Waals surface area (Å²) in [5, 5.41) is 2.54. The molecule has 0 heterocycles. The summed E-state index contributed by atoms with van der Waals surface area (Å²) in [5.41, 5.74) is 4.94. The molecule has 3 N–H and O–H groups in total. The second-order valence-electron chi connectivity index (χ2n) is 2.68. The molecule has 0 atom stereocenters. The van der Waals surface area contributed by atoms with Gasteiger partial charge in [0.1, 0.15) is 5.69 Å². The lowest BCUT2D eigenvalue weighted by atomic mass is 10.1. The standard InChI is InChI=1S/C10H9N.BrH/c11-10-6-5-8-3-1-2-4-9(8)7-10;/h1-7H,11H2;1H. The average molecular weight is 224 g/mol. The third kappa shape index (κ3) is 1.65. The monoisotopic (exact) mass is 223 g/mol. The van der Waals surface area contributed by atoms with Gasteiger partial charge in [0.15, 0.2) is 0 Å². The van der Waals surface area contributed by atoms with Crippen molar-refractivity contribution >= 4 is 16.5 Å². The van der Waals surface area contributed by atoms with Crippen LogP contribution in [0.2, 0.25) is 0 Å². The Hall–Kier alpha value is -0.860. The van der Waals surface area contributed by atoms with Crippen molar-refractivity contribution in [3.05, 3.63) is 42.5 Å². The van der Waals surface area contributed by atoms with Gasteiger partial charge in [-0.05, 0) is 22.9 Å². The fourth-order valence-electron chi connectivity index (χ4n) is 1.24. The zero-order chi connectivity index (χ0) is 7.68. The van der Waals surface area contributed by atoms with Crippen molar-refractivity contribution in [3.8, 4) is 0 Å². The molecule has 0 saturated carbocycles. The van der Waals surface area contributed by atoms with Crippen molar-refractivity contribution in [1.29, 1.82) is 0 Å². The van der Waals surface area contributed by atoms with Gasteiger partial charge in [-0.1, -0.05) is 24.3 Å². The lowest BCUT2D eigenvalue weighted by Crippen LogP contribution is -3.00. The van der Waals surface area contributed by atoms with E-state index in [1.54, 1.807) is 0 Å². The van der Waals surface area contributed by atoms with Crippen LogP contribution in [0.4, 0.5) is 5.69 Å². The molecular weight excluding hydrogens is 214 g/mol. The van der Waals surface area contributed by atoms with E-state index in [4.69, 9.17) is 0 Å². The van der Waals surface area contributed by atoms with Gasteiger partial charge in [-0.3, -0.25) is 0 Å². The minimum Gasteiger partial charge on any atom is -1.00 e. The molecule has 1 nitrogen and oxygen atoms in total. The van der Waals surface area contributed by atoms with Gasteiger partial charge in [0.25, 0.3) is 0 Å². The van der Waals surface area contributed by atoms with Crippen LogP contribution in [0.1, 0.15) is 0 Å². The Morgan fingerprint density at radius 3 is 2.25 bits per heavy atom. The Bertz CT molecular complexity index is 384. The SMILES string of the molecule is [Br-].[NH3+]c1ccc2ccccc2c1. The van der Waals surface area contributed by atoms with Gasteiger partial charge in [-0.15, -0.1) is 0 Å². The van der Waals surface area contributed by atoms with Crippen molar-refractivity contribution in [2.75, 3.05) is 0 Å². The second kappa shape index (κ2) is 3.70. The number of hydrogen-bond donors (Lipinski definition) is 1. The molecule has 0 saturated heterocycles. The number of hydrogen-bond acceptors (Lipinski definition) is 0. The molecule has 0 unspecified atom stereocenters. The summed E-state index contributed by atoms with van der Waals surface area (Å²) in [6.45, 7) is 0. The predicted molar refractivity (Wildman–Crippen MR) is 46.5 cm³/mol. The Balaban J connectivity index is 0.000000720. The molecule has 2 heteroatoms. The molecule has 0 spiro atoms. The molecule has 0 aliphatic rings. The molecule has 0 aromatic heterocycles. The van der Waals surface area contributed by atoms with Crippen LogP contribution in [0.15, 0.2) is 42.5 Å². The third-order valence-electron chi connectivity index (χ3n) is 1.81. The van der Waals surface area contributed by atoms with Crippen LogP contribution in [0, 0.1) is 0 Å². The second-order valence-corrected chi connectivity index (χ2v) is 2.68. The smallest absolute Gasteiger partial charge is 0.128 e. The summed E-state index contributed by atoms with van der Waals surface area (Å²) in [6.07, 6.45) is 0. The van der Waals surface area contributed by atoms with Gasteiger partial charge in [-0.2, -0.15) is 0 Å². The van der Waals surface area contributed by atoms with Crippen molar-refractivity contribution in [2.45, 2.75) is 0 Å². The van der Waals surface area contributed by atoms with E-state index >= 15 is 0 Å². The first-order valence-electron chi connectivity index (χ1n) is 3.67. The highest BCUT2D eigenvalue weighted by molar-refractivity contribution is 5.84. The first-order valence-corrected chi connectivity index (χ1v) is 3.67. The minimum absolute atomic E-state index is 0. The molecule has 2 rings (SSSR count). The molecule has 2 aromatic carbocycles. The first kappa shape index (κ1) is 9.23. The van der Waals surface area contributed by atoms with E-state index < -0.39 is 0 Å². The molecule has 0 bridgehead atoms. The molecule has 0 fully saturated rings. The van der Waals surface area contributed by atoms with Crippen LogP contribution >= 0.6 is 0 Å². The molecular formula is C10H10BrN. The van der Waals surface area contributed by atoms with Crippen LogP contribution < -0.4 is 22.7 Å². The zero-order valence-electron chi connectivity index (χ0n) is 6.63. The van der Waals surface area contributed by atoms with Crippen LogP contribution in [0.25, 0.3) is 10.8 Å². The van der Waals surface area contributed by atoms with Crippen molar-refractivity contribution < 1.29 is 22.7 Å². The van der Waals surface area contributed by atoms with Gasteiger partial charge in [0, 0.05) is 6.07 Å². The van der Waals surface area contributed by atoms with Gasteiger partial charge < -0.3 is 22.7 Å². The summed E-state index contributed by atoms with van der Waals surface area (Å²) in [6, 6.07) is 14.5.